The van der Waals surface area contributed by atoms with Gasteiger partial charge in [-0.3, -0.25) is 0 Å². The Labute approximate surface area is 159 Å². The van der Waals surface area contributed by atoms with E-state index in [0.717, 1.165) is 28.6 Å². The number of halogens is 4. The molecule has 2 aromatic rings. The van der Waals surface area contributed by atoms with Gasteiger partial charge in [0, 0.05) is 26.2 Å². The third-order valence-corrected chi connectivity index (χ3v) is 6.42. The molecule has 1 fully saturated rings. The van der Waals surface area contributed by atoms with Crippen molar-refractivity contribution in [3.05, 3.63) is 59.4 Å². The molecule has 1 aliphatic rings. The van der Waals surface area contributed by atoms with Crippen LogP contribution in [0.5, 0.6) is 0 Å². The van der Waals surface area contributed by atoms with Crippen molar-refractivity contribution in [2.24, 2.45) is 0 Å². The van der Waals surface area contributed by atoms with Gasteiger partial charge in [0.2, 0.25) is 10.0 Å². The van der Waals surface area contributed by atoms with Crippen molar-refractivity contribution in [1.29, 1.82) is 5.26 Å². The maximum absolute atomic E-state index is 13.8. The third kappa shape index (κ3) is 3.81. The summed E-state index contributed by atoms with van der Waals surface area (Å²) >= 11 is 0. The molecule has 0 bridgehead atoms. The van der Waals surface area contributed by atoms with Gasteiger partial charge in [-0.15, -0.1) is 0 Å². The molecule has 0 aliphatic carbocycles. The average molecular weight is 413 g/mol. The minimum Gasteiger partial charge on any atom is -0.368 e. The van der Waals surface area contributed by atoms with Crippen LogP contribution in [0.25, 0.3) is 0 Å². The summed E-state index contributed by atoms with van der Waals surface area (Å²) in [6, 6.07) is 9.37. The van der Waals surface area contributed by atoms with E-state index in [2.05, 4.69) is 0 Å². The van der Waals surface area contributed by atoms with Crippen LogP contribution in [0.15, 0.2) is 47.4 Å². The van der Waals surface area contributed by atoms with Gasteiger partial charge in [-0.2, -0.15) is 22.7 Å². The van der Waals surface area contributed by atoms with Crippen molar-refractivity contribution in [2.75, 3.05) is 31.1 Å². The van der Waals surface area contributed by atoms with E-state index < -0.39 is 27.6 Å². The van der Waals surface area contributed by atoms with Crippen LogP contribution in [0.3, 0.4) is 0 Å². The summed E-state index contributed by atoms with van der Waals surface area (Å²) in [7, 11) is -3.95. The van der Waals surface area contributed by atoms with Crippen molar-refractivity contribution in [2.45, 2.75) is 11.1 Å². The lowest BCUT2D eigenvalue weighted by molar-refractivity contribution is -0.137. The molecular weight excluding hydrogens is 398 g/mol. The maximum atomic E-state index is 13.8. The lowest BCUT2D eigenvalue weighted by atomic mass is 10.1. The highest BCUT2D eigenvalue weighted by molar-refractivity contribution is 7.89. The molecule has 2 aromatic carbocycles. The molecule has 0 atom stereocenters. The van der Waals surface area contributed by atoms with Crippen molar-refractivity contribution in [3.8, 4) is 6.07 Å². The number of rotatable bonds is 3. The third-order valence-electron chi connectivity index (χ3n) is 4.50. The molecule has 1 heterocycles. The van der Waals surface area contributed by atoms with Gasteiger partial charge < -0.3 is 4.90 Å². The number of hydrogen-bond acceptors (Lipinski definition) is 4. The van der Waals surface area contributed by atoms with Crippen LogP contribution in [0.1, 0.15) is 11.1 Å². The van der Waals surface area contributed by atoms with Gasteiger partial charge in [0.1, 0.15) is 17.4 Å². The van der Waals surface area contributed by atoms with E-state index in [1.54, 1.807) is 17.0 Å². The van der Waals surface area contributed by atoms with Crippen molar-refractivity contribution in [1.82, 2.24) is 4.31 Å². The molecule has 5 nitrogen and oxygen atoms in total. The van der Waals surface area contributed by atoms with Gasteiger partial charge in [0.05, 0.1) is 16.1 Å². The Morgan fingerprint density at radius 1 is 0.964 bits per heavy atom. The van der Waals surface area contributed by atoms with E-state index in [1.165, 1.54) is 12.1 Å². The number of anilines is 1. The fourth-order valence-corrected chi connectivity index (χ4v) is 4.44. The van der Waals surface area contributed by atoms with Crippen molar-refractivity contribution < 1.29 is 26.0 Å². The molecule has 0 N–H and O–H groups in total. The van der Waals surface area contributed by atoms with E-state index in [-0.39, 0.29) is 36.6 Å². The second-order valence-corrected chi connectivity index (χ2v) is 8.10. The molecular formula is C18H15F4N3O2S. The summed E-state index contributed by atoms with van der Waals surface area (Å²) in [5, 5.41) is 9.14. The first kappa shape index (κ1) is 20.1. The number of nitrogens with zero attached hydrogens (tertiary/aromatic N) is 3. The quantitative estimate of drug-likeness (QED) is 0.725. The van der Waals surface area contributed by atoms with Gasteiger partial charge >= 0.3 is 6.18 Å². The second kappa shape index (κ2) is 7.41. The summed E-state index contributed by atoms with van der Waals surface area (Å²) in [6.45, 7) is 0.561. The van der Waals surface area contributed by atoms with Crippen LogP contribution >= 0.6 is 0 Å². The SMILES string of the molecule is N#Cc1c(F)cccc1N1CCN(S(=O)(=O)c2ccc(C(F)(F)F)cc2)CC1. The van der Waals surface area contributed by atoms with Gasteiger partial charge in [-0.1, -0.05) is 6.07 Å². The van der Waals surface area contributed by atoms with Crippen LogP contribution in [-0.4, -0.2) is 38.9 Å². The van der Waals surface area contributed by atoms with Gasteiger partial charge in [-0.25, -0.2) is 12.8 Å². The van der Waals surface area contributed by atoms with Crippen LogP contribution in [0.4, 0.5) is 23.2 Å². The first-order valence-electron chi connectivity index (χ1n) is 8.25. The topological polar surface area (TPSA) is 64.4 Å². The van der Waals surface area contributed by atoms with Crippen molar-refractivity contribution >= 4 is 15.7 Å². The second-order valence-electron chi connectivity index (χ2n) is 6.16. The molecule has 0 unspecified atom stereocenters. The largest absolute Gasteiger partial charge is 0.416 e. The molecule has 1 aliphatic heterocycles. The highest BCUT2D eigenvalue weighted by Gasteiger charge is 2.33. The minimum atomic E-state index is -4.54. The number of benzene rings is 2. The zero-order chi connectivity index (χ0) is 20.5. The minimum absolute atomic E-state index is 0.0603. The van der Waals surface area contributed by atoms with E-state index >= 15 is 0 Å². The fourth-order valence-electron chi connectivity index (χ4n) is 3.02. The van der Waals surface area contributed by atoms with E-state index in [4.69, 9.17) is 5.26 Å². The zero-order valence-electron chi connectivity index (χ0n) is 14.4. The van der Waals surface area contributed by atoms with Gasteiger partial charge in [0.25, 0.3) is 0 Å². The fraction of sp³-hybridized carbons (Fsp3) is 0.278. The number of nitriles is 1. The molecule has 3 rings (SSSR count). The first-order valence-corrected chi connectivity index (χ1v) is 9.69. The van der Waals surface area contributed by atoms with Crippen LogP contribution < -0.4 is 4.90 Å². The van der Waals surface area contributed by atoms with Gasteiger partial charge in [0.15, 0.2) is 0 Å². The Balaban J connectivity index is 1.76. The number of sulfonamides is 1. The predicted octanol–water partition coefficient (Wildman–Crippen LogP) is 3.23. The number of alkyl halides is 3. The summed E-state index contributed by atoms with van der Waals surface area (Å²) < 4.78 is 78.3. The molecule has 0 amide bonds. The highest BCUT2D eigenvalue weighted by Crippen LogP contribution is 2.30. The normalized spacial score (nSPS) is 16.0. The molecule has 1 saturated heterocycles. The van der Waals surface area contributed by atoms with Crippen molar-refractivity contribution in [3.63, 3.8) is 0 Å². The molecule has 28 heavy (non-hydrogen) atoms. The Bertz CT molecular complexity index is 1010. The lowest BCUT2D eigenvalue weighted by Crippen LogP contribution is -2.48. The average Bonchev–Trinajstić information content (AvgIpc) is 2.67. The molecule has 0 radical (unpaired) electrons. The molecule has 0 spiro atoms. The molecule has 0 aromatic heterocycles. The molecule has 0 saturated carbocycles. The monoisotopic (exact) mass is 413 g/mol. The van der Waals surface area contributed by atoms with E-state index in [0.29, 0.717) is 5.69 Å². The Morgan fingerprint density at radius 3 is 2.11 bits per heavy atom. The molecule has 10 heteroatoms. The smallest absolute Gasteiger partial charge is 0.368 e. The summed E-state index contributed by atoms with van der Waals surface area (Å²) in [5.74, 6) is -0.653. The summed E-state index contributed by atoms with van der Waals surface area (Å²) in [6.07, 6.45) is -4.54. The number of hydrogen-bond donors (Lipinski definition) is 0. The Morgan fingerprint density at radius 2 is 1.57 bits per heavy atom. The lowest BCUT2D eigenvalue weighted by Gasteiger charge is -2.35. The van der Waals surface area contributed by atoms with E-state index in [9.17, 15) is 26.0 Å². The standard InChI is InChI=1S/C18H15F4N3O2S/c19-16-2-1-3-17(15(16)12-23)24-8-10-25(11-9-24)28(26,27)14-6-4-13(5-7-14)18(20,21)22/h1-7H,8-11H2. The number of piperazine rings is 1. The summed E-state index contributed by atoms with van der Waals surface area (Å²) in [4.78, 5) is 1.48. The zero-order valence-corrected chi connectivity index (χ0v) is 15.3. The highest BCUT2D eigenvalue weighted by atomic mass is 32.2. The molecule has 148 valence electrons. The Kier molecular flexibility index (Phi) is 5.32. The predicted molar refractivity (Wildman–Crippen MR) is 93.5 cm³/mol. The van der Waals surface area contributed by atoms with Crippen LogP contribution in [-0.2, 0) is 16.2 Å². The first-order chi connectivity index (χ1) is 13.1. The summed E-state index contributed by atoms with van der Waals surface area (Å²) in [5.41, 5.74) is -0.651. The maximum Gasteiger partial charge on any atom is 0.416 e. The Hall–Kier alpha value is -2.64. The van der Waals surface area contributed by atoms with Gasteiger partial charge in [-0.05, 0) is 36.4 Å². The van der Waals surface area contributed by atoms with E-state index in [1.807, 2.05) is 0 Å². The van der Waals surface area contributed by atoms with Crippen LogP contribution in [0.2, 0.25) is 0 Å². The van der Waals surface area contributed by atoms with Crippen LogP contribution in [0, 0.1) is 17.1 Å².